The average Bonchev–Trinajstić information content (AvgIpc) is 3.24. The smallest absolute Gasteiger partial charge is 0.306 e. The van der Waals surface area contributed by atoms with E-state index in [9.17, 15) is 14.4 Å². The first kappa shape index (κ1) is 60.4. The van der Waals surface area contributed by atoms with Crippen molar-refractivity contribution in [1.82, 2.24) is 0 Å². The van der Waals surface area contributed by atoms with E-state index < -0.39 is 6.10 Å². The largest absolute Gasteiger partial charge is 0.462 e. The molecular weight excluding hydrogens is 769 g/mol. The van der Waals surface area contributed by atoms with Gasteiger partial charge in [0.1, 0.15) is 13.2 Å². The highest BCUT2D eigenvalue weighted by atomic mass is 16.6. The predicted molar refractivity (Wildman–Crippen MR) is 266 cm³/mol. The first-order valence-electron chi connectivity index (χ1n) is 27.7. The Labute approximate surface area is 387 Å². The Morgan fingerprint density at radius 1 is 0.306 bits per heavy atom. The van der Waals surface area contributed by atoms with Gasteiger partial charge in [0.2, 0.25) is 0 Å². The zero-order chi connectivity index (χ0) is 45.4. The molecule has 0 rings (SSSR count). The van der Waals surface area contributed by atoms with Gasteiger partial charge in [-0.05, 0) is 31.1 Å². The average molecular weight is 877 g/mol. The highest BCUT2D eigenvalue weighted by Gasteiger charge is 2.19. The van der Waals surface area contributed by atoms with Crippen LogP contribution in [0.1, 0.15) is 311 Å². The van der Waals surface area contributed by atoms with E-state index in [1.807, 2.05) is 0 Å². The number of rotatable bonds is 50. The van der Waals surface area contributed by atoms with Gasteiger partial charge in [-0.25, -0.2) is 0 Å². The lowest BCUT2D eigenvalue weighted by Gasteiger charge is -2.18. The minimum atomic E-state index is -0.761. The summed E-state index contributed by atoms with van der Waals surface area (Å²) >= 11 is 0. The van der Waals surface area contributed by atoms with Gasteiger partial charge in [0.15, 0.2) is 6.10 Å². The molecule has 0 aliphatic rings. The molecule has 0 aliphatic heterocycles. The molecule has 0 radical (unpaired) electrons. The summed E-state index contributed by atoms with van der Waals surface area (Å²) in [4.78, 5) is 38.0. The van der Waals surface area contributed by atoms with Crippen LogP contribution in [0.25, 0.3) is 0 Å². The van der Waals surface area contributed by atoms with E-state index in [0.717, 1.165) is 69.6 Å². The number of esters is 3. The highest BCUT2D eigenvalue weighted by Crippen LogP contribution is 2.18. The second kappa shape index (κ2) is 48.9. The van der Waals surface area contributed by atoms with Crippen molar-refractivity contribution in [2.24, 2.45) is 11.8 Å². The summed E-state index contributed by atoms with van der Waals surface area (Å²) in [5.74, 6) is 0.844. The summed E-state index contributed by atoms with van der Waals surface area (Å²) in [6, 6.07) is 0. The van der Waals surface area contributed by atoms with E-state index >= 15 is 0 Å². The van der Waals surface area contributed by atoms with E-state index in [1.165, 1.54) is 199 Å². The lowest BCUT2D eigenvalue weighted by molar-refractivity contribution is -0.167. The standard InChI is InChI=1S/C56H108O6/c1-6-7-8-9-10-11-26-31-36-41-46-54(57)60-49-53(62-56(59)48-43-38-33-28-23-19-15-17-21-25-30-35-40-45-52(4)5)50-61-55(58)47-42-37-32-27-22-18-14-12-13-16-20-24-29-34-39-44-51(2)3/h51-53H,6-50H2,1-5H3/t53-/m1/s1. The number of unbranched alkanes of at least 4 members (excludes halogenated alkanes) is 35. The number of ether oxygens (including phenoxy) is 3. The van der Waals surface area contributed by atoms with Gasteiger partial charge >= 0.3 is 17.9 Å². The summed E-state index contributed by atoms with van der Waals surface area (Å²) in [5, 5.41) is 0. The van der Waals surface area contributed by atoms with Crippen LogP contribution in [0.3, 0.4) is 0 Å². The molecule has 0 fully saturated rings. The van der Waals surface area contributed by atoms with Crippen LogP contribution >= 0.6 is 0 Å². The normalized spacial score (nSPS) is 12.0. The highest BCUT2D eigenvalue weighted by molar-refractivity contribution is 5.71. The maximum absolute atomic E-state index is 12.8. The van der Waals surface area contributed by atoms with Gasteiger partial charge in [-0.15, -0.1) is 0 Å². The molecule has 0 aromatic heterocycles. The Hall–Kier alpha value is -1.59. The van der Waals surface area contributed by atoms with Crippen LogP contribution in [-0.4, -0.2) is 37.2 Å². The minimum Gasteiger partial charge on any atom is -0.462 e. The molecule has 1 atom stereocenters. The van der Waals surface area contributed by atoms with Gasteiger partial charge in [0.05, 0.1) is 0 Å². The van der Waals surface area contributed by atoms with Crippen molar-refractivity contribution in [2.45, 2.75) is 317 Å². The molecule has 6 nitrogen and oxygen atoms in total. The first-order valence-corrected chi connectivity index (χ1v) is 27.7. The van der Waals surface area contributed by atoms with Gasteiger partial charge in [0, 0.05) is 19.3 Å². The second-order valence-electron chi connectivity index (χ2n) is 20.2. The summed E-state index contributed by atoms with van der Waals surface area (Å²) in [6.07, 6.45) is 50.9. The molecule has 0 amide bonds. The molecule has 0 aromatic carbocycles. The molecule has 0 saturated heterocycles. The zero-order valence-corrected chi connectivity index (χ0v) is 42.5. The van der Waals surface area contributed by atoms with E-state index in [-0.39, 0.29) is 31.1 Å². The zero-order valence-electron chi connectivity index (χ0n) is 42.5. The summed E-state index contributed by atoms with van der Waals surface area (Å²) in [5.41, 5.74) is 0. The Morgan fingerprint density at radius 2 is 0.532 bits per heavy atom. The third-order valence-electron chi connectivity index (χ3n) is 12.7. The van der Waals surface area contributed by atoms with Crippen LogP contribution in [-0.2, 0) is 28.6 Å². The summed E-state index contributed by atoms with van der Waals surface area (Å²) in [7, 11) is 0. The predicted octanol–water partition coefficient (Wildman–Crippen LogP) is 18.1. The molecule has 0 aromatic rings. The Morgan fingerprint density at radius 3 is 0.790 bits per heavy atom. The Kier molecular flexibility index (Phi) is 47.6. The van der Waals surface area contributed by atoms with Crippen LogP contribution in [0.4, 0.5) is 0 Å². The number of hydrogen-bond donors (Lipinski definition) is 0. The van der Waals surface area contributed by atoms with Gasteiger partial charge < -0.3 is 14.2 Å². The second-order valence-corrected chi connectivity index (χ2v) is 20.2. The monoisotopic (exact) mass is 877 g/mol. The summed E-state index contributed by atoms with van der Waals surface area (Å²) < 4.78 is 16.8. The number of hydrogen-bond acceptors (Lipinski definition) is 6. The SMILES string of the molecule is CCCCCCCCCCCCC(=O)OC[C@H](COC(=O)CCCCCCCCCCCCCCCCCC(C)C)OC(=O)CCCCCCCCCCCCCCCC(C)C. The van der Waals surface area contributed by atoms with E-state index in [4.69, 9.17) is 14.2 Å². The molecule has 62 heavy (non-hydrogen) atoms. The van der Waals surface area contributed by atoms with Gasteiger partial charge in [-0.1, -0.05) is 272 Å². The number of carbonyl (C=O) groups is 3. The van der Waals surface area contributed by atoms with E-state index in [1.54, 1.807) is 0 Å². The molecule has 0 spiro atoms. The van der Waals surface area contributed by atoms with Gasteiger partial charge in [0.25, 0.3) is 0 Å². The molecule has 0 unspecified atom stereocenters. The van der Waals surface area contributed by atoms with E-state index in [2.05, 4.69) is 34.6 Å². The quantitative estimate of drug-likeness (QED) is 0.0344. The molecule has 0 bridgehead atoms. The van der Waals surface area contributed by atoms with E-state index in [0.29, 0.717) is 19.3 Å². The number of carbonyl (C=O) groups excluding carboxylic acids is 3. The van der Waals surface area contributed by atoms with Crippen LogP contribution in [0.15, 0.2) is 0 Å². The fourth-order valence-electron chi connectivity index (χ4n) is 8.52. The third kappa shape index (κ3) is 49.4. The van der Waals surface area contributed by atoms with Crippen molar-refractivity contribution in [3.8, 4) is 0 Å². The van der Waals surface area contributed by atoms with Gasteiger partial charge in [-0.2, -0.15) is 0 Å². The lowest BCUT2D eigenvalue weighted by atomic mass is 10.0. The van der Waals surface area contributed by atoms with Crippen molar-refractivity contribution in [3.05, 3.63) is 0 Å². The van der Waals surface area contributed by atoms with Crippen molar-refractivity contribution >= 4 is 17.9 Å². The maximum Gasteiger partial charge on any atom is 0.306 e. The maximum atomic E-state index is 12.8. The molecule has 6 heteroatoms. The van der Waals surface area contributed by atoms with Crippen LogP contribution in [0.2, 0.25) is 0 Å². The topological polar surface area (TPSA) is 78.9 Å². The van der Waals surface area contributed by atoms with Gasteiger partial charge in [-0.3, -0.25) is 14.4 Å². The Balaban J connectivity index is 4.25. The molecule has 0 saturated carbocycles. The van der Waals surface area contributed by atoms with Crippen LogP contribution in [0, 0.1) is 11.8 Å². The molecular formula is C56H108O6. The van der Waals surface area contributed by atoms with Crippen molar-refractivity contribution < 1.29 is 28.6 Å². The van der Waals surface area contributed by atoms with Crippen LogP contribution < -0.4 is 0 Å². The molecule has 0 N–H and O–H groups in total. The van der Waals surface area contributed by atoms with Crippen molar-refractivity contribution in [3.63, 3.8) is 0 Å². The fraction of sp³-hybridized carbons (Fsp3) is 0.946. The molecule has 368 valence electrons. The van der Waals surface area contributed by atoms with Crippen LogP contribution in [0.5, 0.6) is 0 Å². The molecule has 0 heterocycles. The fourth-order valence-corrected chi connectivity index (χ4v) is 8.52. The Bertz CT molecular complexity index is 947. The lowest BCUT2D eigenvalue weighted by Crippen LogP contribution is -2.30. The first-order chi connectivity index (χ1) is 30.2. The molecule has 0 aliphatic carbocycles. The summed E-state index contributed by atoms with van der Waals surface area (Å²) in [6.45, 7) is 11.4. The van der Waals surface area contributed by atoms with Crippen molar-refractivity contribution in [1.29, 1.82) is 0 Å². The van der Waals surface area contributed by atoms with Crippen molar-refractivity contribution in [2.75, 3.05) is 13.2 Å². The third-order valence-corrected chi connectivity index (χ3v) is 12.7. The minimum absolute atomic E-state index is 0.0630.